The number of benzene rings is 2. The molecule has 4 rings (SSSR count). The molecule has 2 heterocycles. The number of carboxylic acids is 1. The zero-order valence-corrected chi connectivity index (χ0v) is 16.6. The summed E-state index contributed by atoms with van der Waals surface area (Å²) in [4.78, 5) is 12.7. The number of thioether (sulfide) groups is 1. The number of hydrogen-bond acceptors (Lipinski definition) is 6. The monoisotopic (exact) mass is 406 g/mol. The van der Waals surface area contributed by atoms with Gasteiger partial charge in [0, 0.05) is 17.9 Å². The quantitative estimate of drug-likeness (QED) is 0.488. The van der Waals surface area contributed by atoms with Crippen LogP contribution < -0.4 is 0 Å². The van der Waals surface area contributed by atoms with Crippen LogP contribution in [0.2, 0.25) is 0 Å². The zero-order valence-electron chi connectivity index (χ0n) is 15.8. The van der Waals surface area contributed by atoms with E-state index in [0.717, 1.165) is 16.4 Å². The highest BCUT2D eigenvalue weighted by atomic mass is 32.2. The molecule has 0 radical (unpaired) electrons. The molecular weight excluding hydrogens is 388 g/mol. The van der Waals surface area contributed by atoms with Crippen molar-refractivity contribution in [2.45, 2.75) is 17.3 Å². The number of nitrogens with zero attached hydrogens (tertiary/aromatic N) is 6. The lowest BCUT2D eigenvalue weighted by molar-refractivity contribution is 0.0697. The number of hydrogen-bond donors (Lipinski definition) is 1. The highest BCUT2D eigenvalue weighted by Crippen LogP contribution is 2.33. The normalized spacial score (nSPS) is 12.1. The maximum atomic E-state index is 11.2. The Hall–Kier alpha value is -3.46. The van der Waals surface area contributed by atoms with Crippen LogP contribution in [0.1, 0.15) is 28.1 Å². The van der Waals surface area contributed by atoms with Gasteiger partial charge in [-0.05, 0) is 36.8 Å². The molecule has 0 amide bonds. The second-order valence-corrected chi connectivity index (χ2v) is 7.79. The van der Waals surface area contributed by atoms with Gasteiger partial charge in [0.25, 0.3) is 0 Å². The summed E-state index contributed by atoms with van der Waals surface area (Å²) in [5.74, 6) is -0.971. The molecule has 0 bridgehead atoms. The van der Waals surface area contributed by atoms with Crippen molar-refractivity contribution in [3.8, 4) is 16.9 Å². The fourth-order valence-corrected chi connectivity index (χ4v) is 3.75. The Morgan fingerprint density at radius 2 is 2.00 bits per heavy atom. The summed E-state index contributed by atoms with van der Waals surface area (Å²) in [6.45, 7) is 2.11. The van der Waals surface area contributed by atoms with E-state index in [1.807, 2.05) is 35.9 Å². The van der Waals surface area contributed by atoms with Crippen molar-refractivity contribution in [3.63, 3.8) is 0 Å². The Morgan fingerprint density at radius 3 is 2.76 bits per heavy atom. The SMILES string of the molecule is CC(Sc1nncn1C)c1cccc(-n2ncc(-c3cccc(C(=O)O)c3)n2)c1. The van der Waals surface area contributed by atoms with Gasteiger partial charge in [0.2, 0.25) is 0 Å². The van der Waals surface area contributed by atoms with E-state index < -0.39 is 5.97 Å². The van der Waals surface area contributed by atoms with Gasteiger partial charge < -0.3 is 9.67 Å². The first-order valence-electron chi connectivity index (χ1n) is 8.88. The van der Waals surface area contributed by atoms with Gasteiger partial charge in [0.15, 0.2) is 5.16 Å². The molecule has 8 nitrogen and oxygen atoms in total. The maximum Gasteiger partial charge on any atom is 0.335 e. The van der Waals surface area contributed by atoms with E-state index in [0.29, 0.717) is 11.3 Å². The first-order valence-corrected chi connectivity index (χ1v) is 9.76. The van der Waals surface area contributed by atoms with Crippen LogP contribution in [0, 0.1) is 0 Å². The third-order valence-electron chi connectivity index (χ3n) is 4.42. The number of rotatable bonds is 6. The molecule has 0 fully saturated rings. The molecule has 0 aliphatic rings. The van der Waals surface area contributed by atoms with Crippen LogP contribution in [0.15, 0.2) is 66.2 Å². The van der Waals surface area contributed by atoms with Gasteiger partial charge in [-0.1, -0.05) is 36.0 Å². The second-order valence-electron chi connectivity index (χ2n) is 6.48. The van der Waals surface area contributed by atoms with E-state index in [-0.39, 0.29) is 10.8 Å². The van der Waals surface area contributed by atoms with Crippen LogP contribution in [0.25, 0.3) is 16.9 Å². The molecule has 29 heavy (non-hydrogen) atoms. The first-order chi connectivity index (χ1) is 14.0. The summed E-state index contributed by atoms with van der Waals surface area (Å²) in [6.07, 6.45) is 3.31. The largest absolute Gasteiger partial charge is 0.478 e. The maximum absolute atomic E-state index is 11.2. The predicted octanol–water partition coefficient (Wildman–Crippen LogP) is 3.61. The van der Waals surface area contributed by atoms with Gasteiger partial charge in [0.1, 0.15) is 12.0 Å². The Labute approximate surface area is 171 Å². The fourth-order valence-electron chi connectivity index (χ4n) is 2.84. The lowest BCUT2D eigenvalue weighted by atomic mass is 10.1. The van der Waals surface area contributed by atoms with Gasteiger partial charge >= 0.3 is 5.97 Å². The van der Waals surface area contributed by atoms with Crippen LogP contribution in [0.5, 0.6) is 0 Å². The molecule has 9 heteroatoms. The molecule has 1 N–H and O–H groups in total. The Bertz CT molecular complexity index is 1170. The van der Waals surface area contributed by atoms with Crippen LogP contribution >= 0.6 is 11.8 Å². The fraction of sp³-hybridized carbons (Fsp3) is 0.150. The highest BCUT2D eigenvalue weighted by molar-refractivity contribution is 7.99. The molecule has 0 spiro atoms. The van der Waals surface area contributed by atoms with Gasteiger partial charge in [0.05, 0.1) is 17.4 Å². The number of carbonyl (C=O) groups is 1. The van der Waals surface area contributed by atoms with Crippen LogP contribution in [-0.2, 0) is 7.05 Å². The molecule has 2 aromatic carbocycles. The van der Waals surface area contributed by atoms with E-state index in [1.54, 1.807) is 47.3 Å². The minimum atomic E-state index is -0.971. The molecule has 1 unspecified atom stereocenters. The summed E-state index contributed by atoms with van der Waals surface area (Å²) in [5.41, 5.74) is 3.47. The molecule has 1 atom stereocenters. The Kier molecular flexibility index (Phi) is 5.13. The second kappa shape index (κ2) is 7.88. The summed E-state index contributed by atoms with van der Waals surface area (Å²) in [7, 11) is 1.92. The van der Waals surface area contributed by atoms with E-state index in [1.165, 1.54) is 0 Å². The topological polar surface area (TPSA) is 98.7 Å². The molecule has 0 aliphatic carbocycles. The number of aryl methyl sites for hydroxylation is 1. The van der Waals surface area contributed by atoms with E-state index >= 15 is 0 Å². The lowest BCUT2D eigenvalue weighted by Gasteiger charge is -2.12. The van der Waals surface area contributed by atoms with Crippen molar-refractivity contribution in [1.29, 1.82) is 0 Å². The third kappa shape index (κ3) is 4.04. The number of aromatic nitrogens is 6. The van der Waals surface area contributed by atoms with Gasteiger partial charge in [-0.15, -0.1) is 15.3 Å². The standard InChI is InChI=1S/C20H18N6O2S/c1-13(29-20-23-21-12-25(20)2)14-5-4-8-17(10-14)26-22-11-18(24-26)15-6-3-7-16(9-15)19(27)28/h3-13H,1-2H3,(H,27,28). The van der Waals surface area contributed by atoms with Crippen molar-refractivity contribution >= 4 is 17.7 Å². The van der Waals surface area contributed by atoms with E-state index in [2.05, 4.69) is 33.4 Å². The van der Waals surface area contributed by atoms with Crippen molar-refractivity contribution in [3.05, 3.63) is 72.2 Å². The summed E-state index contributed by atoms with van der Waals surface area (Å²) < 4.78 is 1.89. The van der Waals surface area contributed by atoms with E-state index in [4.69, 9.17) is 0 Å². The van der Waals surface area contributed by atoms with Crippen LogP contribution in [0.4, 0.5) is 0 Å². The Morgan fingerprint density at radius 1 is 1.17 bits per heavy atom. The summed E-state index contributed by atoms with van der Waals surface area (Å²) >= 11 is 1.62. The third-order valence-corrected chi connectivity index (χ3v) is 5.63. The molecular formula is C20H18N6O2S. The number of carboxylic acid groups (broad SMARTS) is 1. The lowest BCUT2D eigenvalue weighted by Crippen LogP contribution is -2.01. The average molecular weight is 406 g/mol. The summed E-state index contributed by atoms with van der Waals surface area (Å²) in [5, 5.41) is 27.1. The van der Waals surface area contributed by atoms with Gasteiger partial charge in [-0.25, -0.2) is 4.79 Å². The number of aromatic carboxylic acids is 1. The molecule has 4 aromatic rings. The molecule has 0 saturated carbocycles. The minimum absolute atomic E-state index is 0.167. The molecule has 2 aromatic heterocycles. The van der Waals surface area contributed by atoms with Crippen molar-refractivity contribution in [2.75, 3.05) is 0 Å². The minimum Gasteiger partial charge on any atom is -0.478 e. The Balaban J connectivity index is 1.58. The van der Waals surface area contributed by atoms with Gasteiger partial charge in [-0.2, -0.15) is 9.90 Å². The molecule has 0 aliphatic heterocycles. The average Bonchev–Trinajstić information content (AvgIpc) is 3.38. The highest BCUT2D eigenvalue weighted by Gasteiger charge is 2.13. The predicted molar refractivity (Wildman–Crippen MR) is 109 cm³/mol. The van der Waals surface area contributed by atoms with Crippen LogP contribution in [0.3, 0.4) is 0 Å². The van der Waals surface area contributed by atoms with E-state index in [9.17, 15) is 9.90 Å². The zero-order chi connectivity index (χ0) is 20.4. The first kappa shape index (κ1) is 18.9. The van der Waals surface area contributed by atoms with Crippen molar-refractivity contribution in [2.24, 2.45) is 7.05 Å². The van der Waals surface area contributed by atoms with Crippen LogP contribution in [-0.4, -0.2) is 40.8 Å². The van der Waals surface area contributed by atoms with Gasteiger partial charge in [-0.3, -0.25) is 0 Å². The summed E-state index contributed by atoms with van der Waals surface area (Å²) in [6, 6.07) is 14.6. The molecule has 0 saturated heterocycles. The smallest absolute Gasteiger partial charge is 0.335 e. The molecule has 146 valence electrons. The van der Waals surface area contributed by atoms with Crippen molar-refractivity contribution < 1.29 is 9.90 Å². The van der Waals surface area contributed by atoms with Crippen molar-refractivity contribution in [1.82, 2.24) is 29.8 Å².